The summed E-state index contributed by atoms with van der Waals surface area (Å²) in [7, 11) is 0. The van der Waals surface area contributed by atoms with Gasteiger partial charge >= 0.3 is 5.97 Å². The fourth-order valence-corrected chi connectivity index (χ4v) is 2.39. The van der Waals surface area contributed by atoms with Crippen LogP contribution in [-0.4, -0.2) is 24.1 Å². The number of hydrogen-bond donors (Lipinski definition) is 0. The van der Waals surface area contributed by atoms with Gasteiger partial charge in [0.2, 0.25) is 0 Å². The summed E-state index contributed by atoms with van der Waals surface area (Å²) >= 11 is 0. The van der Waals surface area contributed by atoms with E-state index in [0.717, 1.165) is 5.06 Å². The van der Waals surface area contributed by atoms with Crippen LogP contribution in [0.4, 0.5) is 10.1 Å². The number of hydrogen-bond acceptors (Lipinski definition) is 4. The third-order valence-electron chi connectivity index (χ3n) is 3.33. The van der Waals surface area contributed by atoms with Gasteiger partial charge in [0.05, 0.1) is 11.4 Å². The van der Waals surface area contributed by atoms with Crippen LogP contribution in [-0.2, 0) is 14.4 Å². The second-order valence-corrected chi connectivity index (χ2v) is 4.93. The Hall–Kier alpha value is -3.02. The number of rotatable bonds is 2. The fourth-order valence-electron chi connectivity index (χ4n) is 2.39. The van der Waals surface area contributed by atoms with E-state index in [4.69, 9.17) is 4.84 Å². The summed E-state index contributed by atoms with van der Waals surface area (Å²) in [5.41, 5.74) is 1.51. The molecule has 0 N–H and O–H groups in total. The van der Waals surface area contributed by atoms with Gasteiger partial charge in [-0.1, -0.05) is 30.3 Å². The van der Waals surface area contributed by atoms with Crippen LogP contribution in [0.5, 0.6) is 0 Å². The molecule has 0 saturated heterocycles. The van der Waals surface area contributed by atoms with Gasteiger partial charge in [0.15, 0.2) is 0 Å². The molecule has 1 aliphatic rings. The lowest BCUT2D eigenvalue weighted by Gasteiger charge is -2.20. The van der Waals surface area contributed by atoms with E-state index in [2.05, 4.69) is 4.99 Å². The van der Waals surface area contributed by atoms with Crippen LogP contribution in [0, 0.1) is 5.82 Å². The van der Waals surface area contributed by atoms with Crippen molar-refractivity contribution in [3.63, 3.8) is 0 Å². The summed E-state index contributed by atoms with van der Waals surface area (Å²) in [5, 5.41) is 0.912. The normalized spacial score (nSPS) is 13.9. The SMILES string of the molecule is CC(=O)ON1C(=O)CN=C(c2ccccc2F)c2ccccc21. The summed E-state index contributed by atoms with van der Waals surface area (Å²) in [6, 6.07) is 13.0. The highest BCUT2D eigenvalue weighted by Crippen LogP contribution is 2.27. The molecule has 0 atom stereocenters. The first-order valence-electron chi connectivity index (χ1n) is 6.98. The first kappa shape index (κ1) is 14.9. The van der Waals surface area contributed by atoms with Crippen LogP contribution >= 0.6 is 0 Å². The zero-order valence-corrected chi connectivity index (χ0v) is 12.3. The van der Waals surface area contributed by atoms with Crippen molar-refractivity contribution in [3.8, 4) is 0 Å². The average molecular weight is 312 g/mol. The number of para-hydroxylation sites is 1. The molecule has 5 nitrogen and oxygen atoms in total. The Morgan fingerprint density at radius 1 is 1.13 bits per heavy atom. The predicted molar refractivity (Wildman–Crippen MR) is 82.6 cm³/mol. The van der Waals surface area contributed by atoms with Crippen molar-refractivity contribution in [1.82, 2.24) is 0 Å². The first-order chi connectivity index (χ1) is 11.1. The largest absolute Gasteiger partial charge is 0.333 e. The minimum absolute atomic E-state index is 0.244. The molecule has 1 heterocycles. The Labute approximate surface area is 132 Å². The zero-order valence-electron chi connectivity index (χ0n) is 12.3. The number of hydroxylamine groups is 1. The molecule has 0 aromatic heterocycles. The smallest absolute Gasteiger partial charge is 0.330 e. The Balaban J connectivity index is 2.17. The van der Waals surface area contributed by atoms with Gasteiger partial charge in [-0.25, -0.2) is 9.18 Å². The maximum absolute atomic E-state index is 14.1. The number of anilines is 1. The van der Waals surface area contributed by atoms with Gasteiger partial charge in [-0.2, -0.15) is 0 Å². The van der Waals surface area contributed by atoms with E-state index in [1.54, 1.807) is 42.5 Å². The van der Waals surface area contributed by atoms with Crippen molar-refractivity contribution in [2.75, 3.05) is 11.6 Å². The summed E-state index contributed by atoms with van der Waals surface area (Å²) in [6.45, 7) is 0.963. The number of carbonyl (C=O) groups excluding carboxylic acids is 2. The lowest BCUT2D eigenvalue weighted by molar-refractivity contribution is -0.147. The molecular formula is C17H13FN2O3. The molecule has 0 radical (unpaired) electrons. The maximum Gasteiger partial charge on any atom is 0.330 e. The Morgan fingerprint density at radius 2 is 1.78 bits per heavy atom. The third kappa shape index (κ3) is 2.83. The van der Waals surface area contributed by atoms with Crippen molar-refractivity contribution in [1.29, 1.82) is 0 Å². The molecule has 23 heavy (non-hydrogen) atoms. The number of halogens is 1. The van der Waals surface area contributed by atoms with Crippen LogP contribution in [0.1, 0.15) is 18.1 Å². The number of aliphatic imine (C=N–C) groups is 1. The van der Waals surface area contributed by atoms with Crippen molar-refractivity contribution in [3.05, 3.63) is 65.5 Å². The highest BCUT2D eigenvalue weighted by Gasteiger charge is 2.28. The van der Waals surface area contributed by atoms with Gasteiger partial charge in [0.1, 0.15) is 12.4 Å². The Kier molecular flexibility index (Phi) is 3.89. The molecule has 116 valence electrons. The molecule has 0 bridgehead atoms. The molecule has 6 heteroatoms. The van der Waals surface area contributed by atoms with E-state index >= 15 is 0 Å². The molecule has 2 aromatic rings. The number of carbonyl (C=O) groups is 2. The Morgan fingerprint density at radius 3 is 2.48 bits per heavy atom. The van der Waals surface area contributed by atoms with Crippen molar-refractivity contribution in [2.45, 2.75) is 6.92 Å². The Bertz CT molecular complexity index is 817. The van der Waals surface area contributed by atoms with Crippen LogP contribution in [0.3, 0.4) is 0 Å². The van der Waals surface area contributed by atoms with Gasteiger partial charge in [0, 0.05) is 18.1 Å². The van der Waals surface area contributed by atoms with E-state index in [1.807, 2.05) is 0 Å². The molecule has 1 amide bonds. The molecule has 3 rings (SSSR count). The van der Waals surface area contributed by atoms with Crippen molar-refractivity contribution in [2.24, 2.45) is 4.99 Å². The summed E-state index contributed by atoms with van der Waals surface area (Å²) < 4.78 is 14.1. The number of nitrogens with zero attached hydrogens (tertiary/aromatic N) is 2. The molecule has 0 aliphatic carbocycles. The molecule has 1 aliphatic heterocycles. The predicted octanol–water partition coefficient (Wildman–Crippen LogP) is 2.49. The molecule has 2 aromatic carbocycles. The van der Waals surface area contributed by atoms with Crippen molar-refractivity contribution < 1.29 is 18.8 Å². The number of benzodiazepines with no additional fused rings is 1. The summed E-state index contributed by atoms with van der Waals surface area (Å²) in [6.07, 6.45) is 0. The number of fused-ring (bicyclic) bond motifs is 1. The zero-order chi connectivity index (χ0) is 16.4. The van der Waals surface area contributed by atoms with Crippen LogP contribution in [0.25, 0.3) is 0 Å². The first-order valence-corrected chi connectivity index (χ1v) is 6.98. The van der Waals surface area contributed by atoms with E-state index in [-0.39, 0.29) is 12.1 Å². The highest BCUT2D eigenvalue weighted by atomic mass is 19.1. The second-order valence-electron chi connectivity index (χ2n) is 4.93. The maximum atomic E-state index is 14.1. The van der Waals surface area contributed by atoms with Crippen molar-refractivity contribution >= 4 is 23.3 Å². The summed E-state index contributed by atoms with van der Waals surface area (Å²) in [5.74, 6) is -1.56. The monoisotopic (exact) mass is 312 g/mol. The molecule has 0 saturated carbocycles. The molecule has 0 fully saturated rings. The lowest BCUT2D eigenvalue weighted by Crippen LogP contribution is -2.34. The van der Waals surface area contributed by atoms with Gasteiger partial charge in [-0.15, -0.1) is 5.06 Å². The molecular weight excluding hydrogens is 299 g/mol. The highest BCUT2D eigenvalue weighted by molar-refractivity contribution is 6.19. The van der Waals surface area contributed by atoms with E-state index in [0.29, 0.717) is 17.0 Å². The average Bonchev–Trinajstić information content (AvgIpc) is 2.66. The van der Waals surface area contributed by atoms with Crippen LogP contribution in [0.2, 0.25) is 0 Å². The topological polar surface area (TPSA) is 59.0 Å². The van der Waals surface area contributed by atoms with E-state index < -0.39 is 17.7 Å². The summed E-state index contributed by atoms with van der Waals surface area (Å²) in [4.78, 5) is 32.7. The third-order valence-corrected chi connectivity index (χ3v) is 3.33. The number of amides is 1. The second kappa shape index (κ2) is 6.00. The van der Waals surface area contributed by atoms with Crippen LogP contribution < -0.4 is 5.06 Å². The quantitative estimate of drug-likeness (QED) is 0.856. The number of benzene rings is 2. The van der Waals surface area contributed by atoms with Gasteiger partial charge < -0.3 is 4.84 Å². The van der Waals surface area contributed by atoms with Gasteiger partial charge in [-0.05, 0) is 18.2 Å². The minimum atomic E-state index is -0.623. The van der Waals surface area contributed by atoms with E-state index in [9.17, 15) is 14.0 Å². The molecule has 0 spiro atoms. The fraction of sp³-hybridized carbons (Fsp3) is 0.118. The van der Waals surface area contributed by atoms with Gasteiger partial charge in [0.25, 0.3) is 5.91 Å². The van der Waals surface area contributed by atoms with Crippen LogP contribution in [0.15, 0.2) is 53.5 Å². The lowest BCUT2D eigenvalue weighted by atomic mass is 10.00. The minimum Gasteiger partial charge on any atom is -0.333 e. The van der Waals surface area contributed by atoms with E-state index in [1.165, 1.54) is 13.0 Å². The van der Waals surface area contributed by atoms with Gasteiger partial charge in [-0.3, -0.25) is 9.79 Å². The molecule has 0 unspecified atom stereocenters. The standard InChI is InChI=1S/C17H13FN2O3/c1-11(21)23-20-15-9-5-3-7-13(15)17(19-10-16(20)22)12-6-2-4-8-14(12)18/h2-9H,10H2,1H3.